The fourth-order valence-corrected chi connectivity index (χ4v) is 4.08. The first-order valence-electron chi connectivity index (χ1n) is 12.5. The molecule has 2 N–H and O–H groups in total. The van der Waals surface area contributed by atoms with Crippen molar-refractivity contribution in [3.8, 4) is 12.1 Å². The van der Waals surface area contributed by atoms with Crippen LogP contribution >= 0.6 is 0 Å². The third-order valence-corrected chi connectivity index (χ3v) is 6.01. The van der Waals surface area contributed by atoms with Crippen LogP contribution in [0.5, 0.6) is 0 Å². The molecule has 0 bridgehead atoms. The van der Waals surface area contributed by atoms with Gasteiger partial charge in [0.05, 0.1) is 12.1 Å². The maximum Gasteiger partial charge on any atom is 1.00 e. The van der Waals surface area contributed by atoms with Crippen molar-refractivity contribution in [3.63, 3.8) is 0 Å². The van der Waals surface area contributed by atoms with Crippen molar-refractivity contribution in [2.45, 2.75) is 115 Å². The van der Waals surface area contributed by atoms with Gasteiger partial charge in [-0.15, -0.1) is 0 Å². The summed E-state index contributed by atoms with van der Waals surface area (Å²) < 4.78 is 0. The standard InChI is InChI=1S/C17H24N4.C6H13N.C2H4O.CH2O3.2K.H/c1-20-14-11-17(9-5-12-18,10-6-13-19)15-21-16-7-3-2-4-8-16;7-6-4-2-1-3-5-6;1-2-3;2-1-4-3;;;/h15-16H,2-11,14H2;6H,1-5,7H2;2H,1H3;1,3H;;;/q;;;;2*+1;-1/p-1. The number of aldehydes is 1. The molecule has 0 saturated heterocycles. The summed E-state index contributed by atoms with van der Waals surface area (Å²) in [7, 11) is 0. The molecule has 2 fully saturated rings. The average Bonchev–Trinajstić information content (AvgIpc) is 2.90. The Kier molecular flexibility index (Phi) is 41.5. The molecule has 2 rings (SSSR count). The van der Waals surface area contributed by atoms with Gasteiger partial charge in [0, 0.05) is 43.0 Å². The van der Waals surface area contributed by atoms with Crippen LogP contribution in [-0.4, -0.2) is 37.6 Å². The zero-order chi connectivity index (χ0) is 26.6. The molecular formula is C26H43K2N5O4. The Morgan fingerprint density at radius 3 is 1.78 bits per heavy atom. The molecular weight excluding hydrogens is 525 g/mol. The third kappa shape index (κ3) is 29.3. The van der Waals surface area contributed by atoms with Crippen molar-refractivity contribution in [2.24, 2.45) is 16.1 Å². The van der Waals surface area contributed by atoms with Crippen LogP contribution in [0, 0.1) is 34.6 Å². The first-order chi connectivity index (χ1) is 17.0. The van der Waals surface area contributed by atoms with E-state index < -0.39 is 0 Å². The number of rotatable bonds is 9. The summed E-state index contributed by atoms with van der Waals surface area (Å²) in [5.74, 6) is 0. The molecule has 0 amide bonds. The largest absolute Gasteiger partial charge is 1.00 e. The molecule has 37 heavy (non-hydrogen) atoms. The fourth-order valence-electron chi connectivity index (χ4n) is 4.08. The average molecular weight is 568 g/mol. The first-order valence-corrected chi connectivity index (χ1v) is 12.5. The van der Waals surface area contributed by atoms with Gasteiger partial charge in [-0.2, -0.15) is 10.5 Å². The number of nitrogens with zero attached hydrogens (tertiary/aromatic N) is 4. The summed E-state index contributed by atoms with van der Waals surface area (Å²) in [5.41, 5.74) is 5.39. The third-order valence-electron chi connectivity index (χ3n) is 6.01. The van der Waals surface area contributed by atoms with E-state index in [4.69, 9.17) is 42.7 Å². The Balaban J connectivity index is -0.000000177. The summed E-state index contributed by atoms with van der Waals surface area (Å²) in [4.78, 5) is 28.3. The number of nitriles is 2. The molecule has 0 radical (unpaired) electrons. The molecule has 2 aliphatic rings. The maximum absolute atomic E-state index is 8.88. The fraction of sp³-hybridized carbons (Fsp3) is 0.769. The van der Waals surface area contributed by atoms with Gasteiger partial charge < -0.3 is 26.9 Å². The molecule has 9 nitrogen and oxygen atoms in total. The van der Waals surface area contributed by atoms with E-state index in [9.17, 15) is 0 Å². The van der Waals surface area contributed by atoms with Gasteiger partial charge >= 0.3 is 103 Å². The monoisotopic (exact) mass is 567 g/mol. The van der Waals surface area contributed by atoms with E-state index in [1.165, 1.54) is 58.3 Å². The molecule has 0 aromatic heterocycles. The molecule has 0 atom stereocenters. The van der Waals surface area contributed by atoms with Crippen molar-refractivity contribution >= 4 is 19.0 Å². The zero-order valence-electron chi connectivity index (χ0n) is 24.2. The van der Waals surface area contributed by atoms with Gasteiger partial charge in [-0.1, -0.05) is 38.5 Å². The number of nitrogens with two attached hydrogens (primary N) is 1. The van der Waals surface area contributed by atoms with Gasteiger partial charge in [0.1, 0.15) is 6.29 Å². The topological polar surface area (TPSA) is 157 Å². The number of hydrogen-bond donors (Lipinski definition) is 1. The summed E-state index contributed by atoms with van der Waals surface area (Å²) in [5, 5.41) is 26.2. The quantitative estimate of drug-likeness (QED) is 0.0872. The molecule has 11 heteroatoms. The van der Waals surface area contributed by atoms with Crippen LogP contribution in [0.2, 0.25) is 0 Å². The van der Waals surface area contributed by atoms with Crippen molar-refractivity contribution in [3.05, 3.63) is 11.4 Å². The molecule has 0 unspecified atom stereocenters. The van der Waals surface area contributed by atoms with Crippen molar-refractivity contribution in [1.29, 1.82) is 10.5 Å². The van der Waals surface area contributed by atoms with Gasteiger partial charge in [-0.05, 0) is 45.4 Å². The van der Waals surface area contributed by atoms with Crippen LogP contribution in [0.15, 0.2) is 4.99 Å². The second kappa shape index (κ2) is 34.5. The molecule has 0 aromatic carbocycles. The number of carbonyl (C=O) groups excluding carboxylic acids is 2. The van der Waals surface area contributed by atoms with E-state index in [1.807, 2.05) is 6.21 Å². The summed E-state index contributed by atoms with van der Waals surface area (Å²) in [6, 6.07) is 5.32. The predicted octanol–water partition coefficient (Wildman–Crippen LogP) is -1.67. The Morgan fingerprint density at radius 2 is 1.46 bits per heavy atom. The van der Waals surface area contributed by atoms with E-state index in [0.29, 0.717) is 50.7 Å². The van der Waals surface area contributed by atoms with Gasteiger partial charge in [0.15, 0.2) is 0 Å². The Labute approximate surface area is 310 Å². The zero-order valence-corrected chi connectivity index (χ0v) is 29.4. The van der Waals surface area contributed by atoms with E-state index in [-0.39, 0.29) is 116 Å². The number of aliphatic imine (C=N–C) groups is 1. The second-order valence-corrected chi connectivity index (χ2v) is 8.71. The molecule has 2 saturated carbocycles. The van der Waals surface area contributed by atoms with Crippen LogP contribution in [-0.2, 0) is 14.5 Å². The minimum atomic E-state index is -0.243. The van der Waals surface area contributed by atoms with Crippen LogP contribution in [0.4, 0.5) is 0 Å². The van der Waals surface area contributed by atoms with E-state index in [0.717, 1.165) is 19.1 Å². The van der Waals surface area contributed by atoms with E-state index in [2.05, 4.69) is 21.9 Å². The summed E-state index contributed by atoms with van der Waals surface area (Å²) in [6.45, 7) is 8.72. The SMILES string of the molecule is CC=O.NC1CCCCC1.O=CO[O-].[C-]#[N+]CCC(C=NC1CCCCC1)(CCC#N)CCC#N.[H-].[K+].[K+]. The van der Waals surface area contributed by atoms with Gasteiger partial charge in [-0.25, -0.2) is 6.57 Å². The number of hydrogen-bond acceptors (Lipinski definition) is 8. The Morgan fingerprint density at radius 1 is 1.03 bits per heavy atom. The van der Waals surface area contributed by atoms with Gasteiger partial charge in [0.25, 0.3) is 6.47 Å². The minimum absolute atomic E-state index is 0. The maximum atomic E-state index is 8.88. The van der Waals surface area contributed by atoms with Gasteiger partial charge in [0.2, 0.25) is 6.54 Å². The van der Waals surface area contributed by atoms with Crippen molar-refractivity contribution in [2.75, 3.05) is 6.54 Å². The van der Waals surface area contributed by atoms with Crippen LogP contribution in [0.3, 0.4) is 0 Å². The normalized spacial score (nSPS) is 14.9. The predicted molar refractivity (Wildman–Crippen MR) is 135 cm³/mol. The Bertz CT molecular complexity index is 639. The van der Waals surface area contributed by atoms with Crippen LogP contribution < -0.4 is 114 Å². The van der Waals surface area contributed by atoms with Crippen molar-refractivity contribution in [1.82, 2.24) is 0 Å². The minimum Gasteiger partial charge on any atom is -1.00 e. The molecule has 0 aromatic rings. The number of carbonyl (C=O) groups is 2. The second-order valence-electron chi connectivity index (χ2n) is 8.71. The van der Waals surface area contributed by atoms with Crippen LogP contribution in [0.25, 0.3) is 4.85 Å². The summed E-state index contributed by atoms with van der Waals surface area (Å²) >= 11 is 0. The molecule has 0 heterocycles. The smallest absolute Gasteiger partial charge is 1.00 e. The van der Waals surface area contributed by atoms with E-state index >= 15 is 0 Å². The van der Waals surface area contributed by atoms with Gasteiger partial charge in [-0.3, -0.25) is 9.79 Å². The molecule has 198 valence electrons. The molecule has 0 aliphatic heterocycles. The Hall–Kier alpha value is 0.473. The van der Waals surface area contributed by atoms with Crippen molar-refractivity contribution < 1.29 is 124 Å². The summed E-state index contributed by atoms with van der Waals surface area (Å²) in [6.07, 6.45) is 18.5. The van der Waals surface area contributed by atoms with E-state index in [1.54, 1.807) is 0 Å². The van der Waals surface area contributed by atoms with Crippen LogP contribution in [0.1, 0.15) is 105 Å². The first kappa shape index (κ1) is 44.5. The molecule has 2 aliphatic carbocycles. The molecule has 0 spiro atoms.